The number of aromatic hydroxyl groups is 1. The SMILES string of the molecule is O=C(Cc1ccccc1O)NC1CCc2nnc(-c3ccccc3)n2CC1. The summed E-state index contributed by atoms with van der Waals surface area (Å²) in [5.74, 6) is 1.94. The summed E-state index contributed by atoms with van der Waals surface area (Å²) in [6.45, 7) is 0.772. The summed E-state index contributed by atoms with van der Waals surface area (Å²) in [4.78, 5) is 12.4. The Labute approximate surface area is 157 Å². The summed E-state index contributed by atoms with van der Waals surface area (Å²) < 4.78 is 2.16. The second-order valence-corrected chi connectivity index (χ2v) is 6.85. The maximum atomic E-state index is 12.4. The van der Waals surface area contributed by atoms with Crippen LogP contribution in [0.5, 0.6) is 5.75 Å². The summed E-state index contributed by atoms with van der Waals surface area (Å²) in [7, 11) is 0. The Bertz CT molecular complexity index is 936. The van der Waals surface area contributed by atoms with Gasteiger partial charge in [-0.05, 0) is 18.9 Å². The zero-order chi connectivity index (χ0) is 18.6. The minimum Gasteiger partial charge on any atom is -0.508 e. The molecule has 0 saturated heterocycles. The van der Waals surface area contributed by atoms with Crippen LogP contribution in [0.25, 0.3) is 11.4 Å². The van der Waals surface area contributed by atoms with Gasteiger partial charge in [0, 0.05) is 30.1 Å². The fourth-order valence-corrected chi connectivity index (χ4v) is 3.54. The Morgan fingerprint density at radius 2 is 1.85 bits per heavy atom. The first-order valence-electron chi connectivity index (χ1n) is 9.24. The van der Waals surface area contributed by atoms with Crippen molar-refractivity contribution < 1.29 is 9.90 Å². The Morgan fingerprint density at radius 3 is 2.67 bits per heavy atom. The molecule has 1 aliphatic heterocycles. The number of para-hydroxylation sites is 1. The van der Waals surface area contributed by atoms with Gasteiger partial charge >= 0.3 is 0 Å². The van der Waals surface area contributed by atoms with Crippen molar-refractivity contribution in [3.63, 3.8) is 0 Å². The number of carbonyl (C=O) groups is 1. The molecule has 0 bridgehead atoms. The van der Waals surface area contributed by atoms with E-state index in [2.05, 4.69) is 20.1 Å². The minimum absolute atomic E-state index is 0.0672. The number of fused-ring (bicyclic) bond motifs is 1. The molecular formula is C21H22N4O2. The molecule has 2 N–H and O–H groups in total. The maximum absolute atomic E-state index is 12.4. The van der Waals surface area contributed by atoms with Crippen LogP contribution in [-0.4, -0.2) is 31.8 Å². The normalized spacial score (nSPS) is 16.4. The van der Waals surface area contributed by atoms with Crippen LogP contribution in [-0.2, 0) is 24.2 Å². The number of hydrogen-bond acceptors (Lipinski definition) is 4. The van der Waals surface area contributed by atoms with Gasteiger partial charge in [0.15, 0.2) is 5.82 Å². The van der Waals surface area contributed by atoms with Gasteiger partial charge in [-0.1, -0.05) is 48.5 Å². The zero-order valence-corrected chi connectivity index (χ0v) is 15.0. The quantitative estimate of drug-likeness (QED) is 0.748. The molecule has 138 valence electrons. The number of hydrogen-bond donors (Lipinski definition) is 2. The molecule has 3 aromatic rings. The maximum Gasteiger partial charge on any atom is 0.224 e. The highest BCUT2D eigenvalue weighted by molar-refractivity contribution is 5.79. The molecule has 2 heterocycles. The number of nitrogens with zero attached hydrogens (tertiary/aromatic N) is 3. The highest BCUT2D eigenvalue weighted by Gasteiger charge is 2.22. The predicted octanol–water partition coefficient (Wildman–Crippen LogP) is 2.71. The van der Waals surface area contributed by atoms with Crippen LogP contribution >= 0.6 is 0 Å². The van der Waals surface area contributed by atoms with Gasteiger partial charge in [0.25, 0.3) is 0 Å². The second kappa shape index (κ2) is 7.61. The van der Waals surface area contributed by atoms with E-state index in [4.69, 9.17) is 0 Å². The number of nitrogens with one attached hydrogen (secondary N) is 1. The fraction of sp³-hybridized carbons (Fsp3) is 0.286. The molecule has 0 aliphatic carbocycles. The summed E-state index contributed by atoms with van der Waals surface area (Å²) in [5, 5.41) is 21.7. The minimum atomic E-state index is -0.0672. The van der Waals surface area contributed by atoms with Crippen LogP contribution in [0.1, 0.15) is 24.2 Å². The number of amides is 1. The number of aryl methyl sites for hydroxylation is 1. The average molecular weight is 362 g/mol. The molecule has 1 amide bonds. The molecule has 0 spiro atoms. The second-order valence-electron chi connectivity index (χ2n) is 6.85. The molecule has 1 aliphatic rings. The zero-order valence-electron chi connectivity index (χ0n) is 15.0. The molecule has 4 rings (SSSR count). The lowest BCUT2D eigenvalue weighted by molar-refractivity contribution is -0.121. The van der Waals surface area contributed by atoms with Crippen LogP contribution in [0.3, 0.4) is 0 Å². The lowest BCUT2D eigenvalue weighted by Crippen LogP contribution is -2.36. The van der Waals surface area contributed by atoms with Crippen LogP contribution in [0.4, 0.5) is 0 Å². The van der Waals surface area contributed by atoms with Crippen molar-refractivity contribution in [1.82, 2.24) is 20.1 Å². The first kappa shape index (κ1) is 17.3. The first-order valence-corrected chi connectivity index (χ1v) is 9.24. The number of aromatic nitrogens is 3. The molecule has 1 unspecified atom stereocenters. The Balaban J connectivity index is 1.41. The average Bonchev–Trinajstić information content (AvgIpc) is 2.99. The third-order valence-electron chi connectivity index (χ3n) is 4.98. The van der Waals surface area contributed by atoms with Crippen molar-refractivity contribution in [2.24, 2.45) is 0 Å². The van der Waals surface area contributed by atoms with Gasteiger partial charge in [0.05, 0.1) is 6.42 Å². The fourth-order valence-electron chi connectivity index (χ4n) is 3.54. The van der Waals surface area contributed by atoms with E-state index < -0.39 is 0 Å². The van der Waals surface area contributed by atoms with Crippen LogP contribution in [0.15, 0.2) is 54.6 Å². The predicted molar refractivity (Wildman–Crippen MR) is 102 cm³/mol. The molecule has 1 aromatic heterocycles. The standard InChI is InChI=1S/C21H22N4O2/c26-18-9-5-4-8-16(18)14-20(27)22-17-10-11-19-23-24-21(25(19)13-12-17)15-6-2-1-3-7-15/h1-9,17,26H,10-14H2,(H,22,27). The van der Waals surface area contributed by atoms with E-state index in [0.717, 1.165) is 43.0 Å². The van der Waals surface area contributed by atoms with Crippen molar-refractivity contribution in [2.75, 3.05) is 0 Å². The summed E-state index contributed by atoms with van der Waals surface area (Å²) >= 11 is 0. The number of phenolic OH excluding ortho intramolecular Hbond substituents is 1. The van der Waals surface area contributed by atoms with E-state index in [1.54, 1.807) is 18.2 Å². The molecule has 2 aromatic carbocycles. The monoisotopic (exact) mass is 362 g/mol. The lowest BCUT2D eigenvalue weighted by Gasteiger charge is -2.16. The topological polar surface area (TPSA) is 80.0 Å². The molecular weight excluding hydrogens is 340 g/mol. The Morgan fingerprint density at radius 1 is 1.07 bits per heavy atom. The smallest absolute Gasteiger partial charge is 0.224 e. The van der Waals surface area contributed by atoms with Crippen LogP contribution < -0.4 is 5.32 Å². The number of phenols is 1. The molecule has 6 heteroatoms. The Hall–Kier alpha value is -3.15. The van der Waals surface area contributed by atoms with Gasteiger partial charge in [-0.15, -0.1) is 10.2 Å². The highest BCUT2D eigenvalue weighted by Crippen LogP contribution is 2.23. The third-order valence-corrected chi connectivity index (χ3v) is 4.98. The van der Waals surface area contributed by atoms with Crippen molar-refractivity contribution in [3.8, 4) is 17.1 Å². The van der Waals surface area contributed by atoms with E-state index in [9.17, 15) is 9.90 Å². The molecule has 0 fully saturated rings. The van der Waals surface area contributed by atoms with E-state index in [1.165, 1.54) is 0 Å². The summed E-state index contributed by atoms with van der Waals surface area (Å²) in [5.41, 5.74) is 1.70. The van der Waals surface area contributed by atoms with E-state index in [0.29, 0.717) is 5.56 Å². The van der Waals surface area contributed by atoms with Crippen molar-refractivity contribution >= 4 is 5.91 Å². The summed E-state index contributed by atoms with van der Waals surface area (Å²) in [6, 6.07) is 17.1. The Kier molecular flexibility index (Phi) is 4.87. The first-order chi connectivity index (χ1) is 13.2. The number of carbonyl (C=O) groups excluding carboxylic acids is 1. The molecule has 0 radical (unpaired) electrons. The molecule has 0 saturated carbocycles. The van der Waals surface area contributed by atoms with Gasteiger partial charge in [0.2, 0.25) is 5.91 Å². The van der Waals surface area contributed by atoms with Crippen molar-refractivity contribution in [1.29, 1.82) is 0 Å². The van der Waals surface area contributed by atoms with Crippen molar-refractivity contribution in [2.45, 2.75) is 38.3 Å². The third kappa shape index (κ3) is 3.84. The number of rotatable bonds is 4. The molecule has 1 atom stereocenters. The molecule has 27 heavy (non-hydrogen) atoms. The van der Waals surface area contributed by atoms with Gasteiger partial charge in [-0.25, -0.2) is 0 Å². The largest absolute Gasteiger partial charge is 0.508 e. The van der Waals surface area contributed by atoms with Gasteiger partial charge in [-0.2, -0.15) is 0 Å². The van der Waals surface area contributed by atoms with Crippen LogP contribution in [0, 0.1) is 0 Å². The van der Waals surface area contributed by atoms with Gasteiger partial charge in [-0.3, -0.25) is 4.79 Å². The van der Waals surface area contributed by atoms with E-state index >= 15 is 0 Å². The van der Waals surface area contributed by atoms with Gasteiger partial charge < -0.3 is 15.0 Å². The summed E-state index contributed by atoms with van der Waals surface area (Å²) in [6.07, 6.45) is 2.63. The van der Waals surface area contributed by atoms with E-state index in [1.807, 2.05) is 36.4 Å². The van der Waals surface area contributed by atoms with E-state index in [-0.39, 0.29) is 24.1 Å². The van der Waals surface area contributed by atoms with Gasteiger partial charge in [0.1, 0.15) is 11.6 Å². The van der Waals surface area contributed by atoms with Crippen LogP contribution in [0.2, 0.25) is 0 Å². The lowest BCUT2D eigenvalue weighted by atomic mass is 10.1. The highest BCUT2D eigenvalue weighted by atomic mass is 16.3. The number of benzene rings is 2. The van der Waals surface area contributed by atoms with Crippen molar-refractivity contribution in [3.05, 3.63) is 66.0 Å². The molecule has 6 nitrogen and oxygen atoms in total.